The Morgan fingerprint density at radius 2 is 2.19 bits per heavy atom. The minimum Gasteiger partial charge on any atom is -0.344 e. The Balaban J connectivity index is 2.68. The Morgan fingerprint density at radius 3 is 2.75 bits per heavy atom. The molecule has 0 radical (unpaired) electrons. The molecular weight excluding hydrogens is 220 g/mol. The van der Waals surface area contributed by atoms with Gasteiger partial charge in [0.25, 0.3) is 0 Å². The maximum atomic E-state index is 5.55. The van der Waals surface area contributed by atoms with Crippen molar-refractivity contribution >= 4 is 16.7 Å². The number of nitrogens with zero attached hydrogens (tertiary/aromatic N) is 3. The summed E-state index contributed by atoms with van der Waals surface area (Å²) in [5.41, 5.74) is 5.55. The van der Waals surface area contributed by atoms with E-state index in [0.29, 0.717) is 6.04 Å². The smallest absolute Gasteiger partial charge is 0.205 e. The van der Waals surface area contributed by atoms with Crippen molar-refractivity contribution < 1.29 is 0 Å². The van der Waals surface area contributed by atoms with Crippen LogP contribution in [0.5, 0.6) is 0 Å². The normalized spacial score (nSPS) is 11.1. The van der Waals surface area contributed by atoms with Gasteiger partial charge < -0.3 is 10.6 Å². The Bertz CT molecular complexity index is 298. The summed E-state index contributed by atoms with van der Waals surface area (Å²) in [5.74, 6) is 0.973. The number of hydrogen-bond donors (Lipinski definition) is 1. The van der Waals surface area contributed by atoms with Gasteiger partial charge in [-0.25, -0.2) is 4.98 Å². The molecule has 0 fully saturated rings. The lowest BCUT2D eigenvalue weighted by atomic mass is 10.3. The second-order valence-corrected chi connectivity index (χ2v) is 4.90. The van der Waals surface area contributed by atoms with E-state index in [1.54, 1.807) is 0 Å². The van der Waals surface area contributed by atoms with E-state index >= 15 is 0 Å². The maximum absolute atomic E-state index is 5.55. The standard InChI is InChI=1S/C11H22N4S/c1-4-6-10-13-11(16-14-10)15(9(2)3)8-5-7-12/h9H,4-8,12H2,1-3H3. The van der Waals surface area contributed by atoms with Gasteiger partial charge in [0, 0.05) is 30.5 Å². The van der Waals surface area contributed by atoms with Crippen LogP contribution < -0.4 is 10.6 Å². The number of rotatable bonds is 7. The fourth-order valence-corrected chi connectivity index (χ4v) is 2.40. The van der Waals surface area contributed by atoms with E-state index in [1.165, 1.54) is 11.5 Å². The summed E-state index contributed by atoms with van der Waals surface area (Å²) in [5, 5.41) is 1.03. The molecule has 1 aromatic rings. The van der Waals surface area contributed by atoms with Crippen molar-refractivity contribution in [2.75, 3.05) is 18.0 Å². The van der Waals surface area contributed by atoms with E-state index in [4.69, 9.17) is 5.73 Å². The van der Waals surface area contributed by atoms with Crippen LogP contribution in [-0.2, 0) is 6.42 Å². The SMILES string of the molecule is CCCc1nsc(N(CCCN)C(C)C)n1. The van der Waals surface area contributed by atoms with Crippen LogP contribution >= 0.6 is 11.5 Å². The summed E-state index contributed by atoms with van der Waals surface area (Å²) in [7, 11) is 0. The first-order chi connectivity index (χ1) is 7.69. The average molecular weight is 242 g/mol. The minimum atomic E-state index is 0.453. The van der Waals surface area contributed by atoms with Crippen molar-refractivity contribution in [1.82, 2.24) is 9.36 Å². The van der Waals surface area contributed by atoms with E-state index in [9.17, 15) is 0 Å². The van der Waals surface area contributed by atoms with Crippen molar-refractivity contribution in [3.8, 4) is 0 Å². The van der Waals surface area contributed by atoms with Gasteiger partial charge in [-0.3, -0.25) is 0 Å². The zero-order chi connectivity index (χ0) is 12.0. The van der Waals surface area contributed by atoms with E-state index in [-0.39, 0.29) is 0 Å². The van der Waals surface area contributed by atoms with Crippen LogP contribution in [0, 0.1) is 0 Å². The van der Waals surface area contributed by atoms with Gasteiger partial charge in [-0.2, -0.15) is 4.37 Å². The first kappa shape index (κ1) is 13.4. The second-order valence-electron chi connectivity index (χ2n) is 4.17. The molecule has 16 heavy (non-hydrogen) atoms. The van der Waals surface area contributed by atoms with E-state index < -0.39 is 0 Å². The maximum Gasteiger partial charge on any atom is 0.205 e. The lowest BCUT2D eigenvalue weighted by Gasteiger charge is -2.25. The van der Waals surface area contributed by atoms with Gasteiger partial charge >= 0.3 is 0 Å². The van der Waals surface area contributed by atoms with Gasteiger partial charge in [-0.05, 0) is 33.2 Å². The van der Waals surface area contributed by atoms with Gasteiger partial charge in [0.2, 0.25) is 5.13 Å². The van der Waals surface area contributed by atoms with E-state index in [1.807, 2.05) is 0 Å². The molecule has 0 aliphatic heterocycles. The lowest BCUT2D eigenvalue weighted by Crippen LogP contribution is -2.32. The molecule has 0 amide bonds. The summed E-state index contributed by atoms with van der Waals surface area (Å²) < 4.78 is 4.37. The first-order valence-electron chi connectivity index (χ1n) is 5.98. The summed E-state index contributed by atoms with van der Waals surface area (Å²) in [4.78, 5) is 6.85. The molecule has 4 nitrogen and oxygen atoms in total. The highest BCUT2D eigenvalue weighted by Gasteiger charge is 2.14. The van der Waals surface area contributed by atoms with Crippen LogP contribution in [0.15, 0.2) is 0 Å². The molecule has 1 heterocycles. The number of anilines is 1. The summed E-state index contributed by atoms with van der Waals surface area (Å²) in [6.45, 7) is 8.20. The van der Waals surface area contributed by atoms with Gasteiger partial charge in [-0.15, -0.1) is 0 Å². The molecule has 0 spiro atoms. The predicted molar refractivity (Wildman–Crippen MR) is 70.1 cm³/mol. The Labute approximate surface area is 102 Å². The van der Waals surface area contributed by atoms with Crippen molar-refractivity contribution in [1.29, 1.82) is 0 Å². The Morgan fingerprint density at radius 1 is 1.44 bits per heavy atom. The third-order valence-corrected chi connectivity index (χ3v) is 3.19. The Hall–Kier alpha value is -0.680. The van der Waals surface area contributed by atoms with E-state index in [0.717, 1.165) is 43.3 Å². The molecule has 0 aliphatic carbocycles. The molecule has 0 unspecified atom stereocenters. The van der Waals surface area contributed by atoms with Crippen LogP contribution in [0.25, 0.3) is 0 Å². The van der Waals surface area contributed by atoms with Gasteiger partial charge in [0.1, 0.15) is 5.82 Å². The zero-order valence-electron chi connectivity index (χ0n) is 10.4. The molecule has 0 aromatic carbocycles. The quantitative estimate of drug-likeness (QED) is 0.795. The van der Waals surface area contributed by atoms with Crippen LogP contribution in [0.1, 0.15) is 39.4 Å². The molecule has 0 atom stereocenters. The molecule has 92 valence electrons. The molecule has 2 N–H and O–H groups in total. The summed E-state index contributed by atoms with van der Waals surface area (Å²) in [6.07, 6.45) is 3.07. The molecule has 1 rings (SSSR count). The van der Waals surface area contributed by atoms with Gasteiger partial charge in [-0.1, -0.05) is 6.92 Å². The van der Waals surface area contributed by atoms with Crippen LogP contribution in [0.4, 0.5) is 5.13 Å². The van der Waals surface area contributed by atoms with Crippen LogP contribution in [0.3, 0.4) is 0 Å². The van der Waals surface area contributed by atoms with Gasteiger partial charge in [0.05, 0.1) is 0 Å². The van der Waals surface area contributed by atoms with Crippen molar-refractivity contribution in [3.63, 3.8) is 0 Å². The first-order valence-corrected chi connectivity index (χ1v) is 6.75. The monoisotopic (exact) mass is 242 g/mol. The Kier molecular flexibility index (Phi) is 5.69. The van der Waals surface area contributed by atoms with Gasteiger partial charge in [0.15, 0.2) is 0 Å². The fourth-order valence-electron chi connectivity index (χ4n) is 1.52. The highest BCUT2D eigenvalue weighted by Crippen LogP contribution is 2.20. The van der Waals surface area contributed by atoms with Crippen molar-refractivity contribution in [2.24, 2.45) is 5.73 Å². The molecule has 5 heteroatoms. The second kappa shape index (κ2) is 6.81. The van der Waals surface area contributed by atoms with Crippen LogP contribution in [0.2, 0.25) is 0 Å². The number of hydrogen-bond acceptors (Lipinski definition) is 5. The van der Waals surface area contributed by atoms with E-state index in [2.05, 4.69) is 35.0 Å². The minimum absolute atomic E-state index is 0.453. The molecule has 0 saturated heterocycles. The zero-order valence-corrected chi connectivity index (χ0v) is 11.3. The largest absolute Gasteiger partial charge is 0.344 e. The molecule has 1 aromatic heterocycles. The number of nitrogens with two attached hydrogens (primary N) is 1. The highest BCUT2D eigenvalue weighted by atomic mass is 32.1. The lowest BCUT2D eigenvalue weighted by molar-refractivity contribution is 0.653. The van der Waals surface area contributed by atoms with Crippen molar-refractivity contribution in [2.45, 2.75) is 46.1 Å². The molecule has 0 saturated carbocycles. The third-order valence-electron chi connectivity index (χ3n) is 2.40. The number of aryl methyl sites for hydroxylation is 1. The third kappa shape index (κ3) is 3.72. The average Bonchev–Trinajstić information content (AvgIpc) is 2.67. The van der Waals surface area contributed by atoms with Crippen LogP contribution in [-0.4, -0.2) is 28.5 Å². The fraction of sp³-hybridized carbons (Fsp3) is 0.818. The van der Waals surface area contributed by atoms with Crippen molar-refractivity contribution in [3.05, 3.63) is 5.82 Å². The molecule has 0 aliphatic rings. The topological polar surface area (TPSA) is 55.0 Å². The summed E-state index contributed by atoms with van der Waals surface area (Å²) >= 11 is 1.50. The number of aromatic nitrogens is 2. The predicted octanol–water partition coefficient (Wildman–Crippen LogP) is 2.05. The summed E-state index contributed by atoms with van der Waals surface area (Å²) in [6, 6.07) is 0.453. The molecule has 0 bridgehead atoms. The highest BCUT2D eigenvalue weighted by molar-refractivity contribution is 7.09. The molecular formula is C11H22N4S.